The molecule has 1 amide bonds. The first-order chi connectivity index (χ1) is 10.5. The van der Waals surface area contributed by atoms with Crippen LogP contribution in [0.2, 0.25) is 0 Å². The van der Waals surface area contributed by atoms with Gasteiger partial charge in [0, 0.05) is 18.0 Å². The Morgan fingerprint density at radius 2 is 2.14 bits per heavy atom. The molecule has 5 heteroatoms. The predicted octanol–water partition coefficient (Wildman–Crippen LogP) is 2.93. The standard InChI is InChI=1S/C17H19FN2O2/c1-10-9-22-11(2)8-20(10)17(21)15-6-13-4-5-14(18)7-16(13)19-12(15)3/h4-7,10-11H,8-9H2,1-3H3. The highest BCUT2D eigenvalue weighted by molar-refractivity contribution is 5.98. The molecule has 1 aliphatic rings. The van der Waals surface area contributed by atoms with Gasteiger partial charge < -0.3 is 9.64 Å². The molecule has 2 heterocycles. The number of halogens is 1. The number of pyridine rings is 1. The molecule has 2 unspecified atom stereocenters. The van der Waals surface area contributed by atoms with Gasteiger partial charge in [-0.15, -0.1) is 0 Å². The molecule has 1 aromatic heterocycles. The molecular weight excluding hydrogens is 283 g/mol. The van der Waals surface area contributed by atoms with E-state index < -0.39 is 0 Å². The average molecular weight is 302 g/mol. The van der Waals surface area contributed by atoms with Gasteiger partial charge in [0.15, 0.2) is 0 Å². The number of morpholine rings is 1. The molecule has 0 radical (unpaired) electrons. The lowest BCUT2D eigenvalue weighted by Gasteiger charge is -2.37. The minimum absolute atomic E-state index is 0.0305. The van der Waals surface area contributed by atoms with Gasteiger partial charge in [0.1, 0.15) is 5.82 Å². The van der Waals surface area contributed by atoms with Crippen LogP contribution in [0, 0.1) is 12.7 Å². The Bertz CT molecular complexity index is 732. The Kier molecular flexibility index (Phi) is 3.83. The Hall–Kier alpha value is -2.01. The first kappa shape index (κ1) is 14.9. The molecule has 0 N–H and O–H groups in total. The first-order valence-corrected chi connectivity index (χ1v) is 7.45. The van der Waals surface area contributed by atoms with Crippen LogP contribution in [0.4, 0.5) is 4.39 Å². The predicted molar refractivity (Wildman–Crippen MR) is 82.4 cm³/mol. The van der Waals surface area contributed by atoms with Crippen molar-refractivity contribution >= 4 is 16.8 Å². The number of ether oxygens (including phenoxy) is 1. The smallest absolute Gasteiger partial charge is 0.256 e. The lowest BCUT2D eigenvalue weighted by molar-refractivity contribution is -0.0387. The maximum Gasteiger partial charge on any atom is 0.256 e. The molecule has 1 saturated heterocycles. The van der Waals surface area contributed by atoms with Crippen LogP contribution in [0.25, 0.3) is 10.9 Å². The van der Waals surface area contributed by atoms with E-state index in [9.17, 15) is 9.18 Å². The van der Waals surface area contributed by atoms with Gasteiger partial charge in [-0.2, -0.15) is 0 Å². The summed E-state index contributed by atoms with van der Waals surface area (Å²) in [7, 11) is 0. The van der Waals surface area contributed by atoms with Crippen molar-refractivity contribution in [3.8, 4) is 0 Å². The number of aromatic nitrogens is 1. The van der Waals surface area contributed by atoms with Gasteiger partial charge in [-0.1, -0.05) is 0 Å². The van der Waals surface area contributed by atoms with E-state index in [1.54, 1.807) is 19.1 Å². The molecule has 0 aliphatic carbocycles. The van der Waals surface area contributed by atoms with Gasteiger partial charge in [0.25, 0.3) is 5.91 Å². The van der Waals surface area contributed by atoms with Crippen molar-refractivity contribution in [1.29, 1.82) is 0 Å². The van der Waals surface area contributed by atoms with E-state index in [0.717, 1.165) is 5.39 Å². The number of carbonyl (C=O) groups is 1. The number of amides is 1. The van der Waals surface area contributed by atoms with E-state index in [4.69, 9.17) is 4.74 Å². The highest BCUT2D eigenvalue weighted by atomic mass is 19.1. The number of hydrogen-bond acceptors (Lipinski definition) is 3. The van der Waals surface area contributed by atoms with E-state index in [2.05, 4.69) is 4.98 Å². The molecule has 22 heavy (non-hydrogen) atoms. The summed E-state index contributed by atoms with van der Waals surface area (Å²) in [5.74, 6) is -0.368. The molecule has 4 nitrogen and oxygen atoms in total. The number of carbonyl (C=O) groups excluding carboxylic acids is 1. The lowest BCUT2D eigenvalue weighted by atomic mass is 10.1. The van der Waals surface area contributed by atoms with E-state index in [0.29, 0.717) is 29.9 Å². The zero-order valence-corrected chi connectivity index (χ0v) is 13.0. The fraction of sp³-hybridized carbons (Fsp3) is 0.412. The number of benzene rings is 1. The molecule has 0 bridgehead atoms. The van der Waals surface area contributed by atoms with Crippen LogP contribution in [0.5, 0.6) is 0 Å². The van der Waals surface area contributed by atoms with Crippen LogP contribution in [0.1, 0.15) is 29.9 Å². The maximum absolute atomic E-state index is 13.3. The summed E-state index contributed by atoms with van der Waals surface area (Å²) in [5, 5.41) is 0.768. The summed E-state index contributed by atoms with van der Waals surface area (Å²) in [6.45, 7) is 6.83. The van der Waals surface area contributed by atoms with Crippen molar-refractivity contribution < 1.29 is 13.9 Å². The third-order valence-electron chi connectivity index (χ3n) is 4.07. The Balaban J connectivity index is 2.00. The molecule has 2 aromatic rings. The molecule has 2 atom stereocenters. The van der Waals surface area contributed by atoms with Crippen LogP contribution in [0.15, 0.2) is 24.3 Å². The largest absolute Gasteiger partial charge is 0.375 e. The second kappa shape index (κ2) is 5.65. The SMILES string of the molecule is Cc1nc2cc(F)ccc2cc1C(=O)N1CC(C)OCC1C. The highest BCUT2D eigenvalue weighted by Gasteiger charge is 2.29. The minimum atomic E-state index is -0.325. The van der Waals surface area contributed by atoms with Gasteiger partial charge in [0.05, 0.1) is 35.5 Å². The summed E-state index contributed by atoms with van der Waals surface area (Å²) >= 11 is 0. The van der Waals surface area contributed by atoms with Crippen molar-refractivity contribution in [3.05, 3.63) is 41.3 Å². The summed E-state index contributed by atoms with van der Waals surface area (Å²) in [4.78, 5) is 19.0. The molecule has 1 fully saturated rings. The summed E-state index contributed by atoms with van der Waals surface area (Å²) in [5.41, 5.74) is 1.76. The van der Waals surface area contributed by atoms with Crippen LogP contribution in [-0.2, 0) is 4.74 Å². The second-order valence-corrected chi connectivity index (χ2v) is 5.91. The van der Waals surface area contributed by atoms with Gasteiger partial charge in [-0.25, -0.2) is 4.39 Å². The van der Waals surface area contributed by atoms with Crippen molar-refractivity contribution in [2.75, 3.05) is 13.2 Å². The number of hydrogen-bond donors (Lipinski definition) is 0. The van der Waals surface area contributed by atoms with E-state index in [1.165, 1.54) is 12.1 Å². The summed E-state index contributed by atoms with van der Waals surface area (Å²) < 4.78 is 18.9. The zero-order valence-electron chi connectivity index (χ0n) is 13.0. The van der Waals surface area contributed by atoms with Gasteiger partial charge in [-0.3, -0.25) is 9.78 Å². The van der Waals surface area contributed by atoms with Crippen molar-refractivity contribution in [3.63, 3.8) is 0 Å². The second-order valence-electron chi connectivity index (χ2n) is 5.91. The number of fused-ring (bicyclic) bond motifs is 1. The van der Waals surface area contributed by atoms with E-state index >= 15 is 0 Å². The maximum atomic E-state index is 13.3. The van der Waals surface area contributed by atoms with Crippen LogP contribution in [0.3, 0.4) is 0 Å². The summed E-state index contributed by atoms with van der Waals surface area (Å²) in [6.07, 6.45) is 0.0305. The zero-order chi connectivity index (χ0) is 15.9. The topological polar surface area (TPSA) is 42.4 Å². The van der Waals surface area contributed by atoms with Gasteiger partial charge >= 0.3 is 0 Å². The number of nitrogens with zero attached hydrogens (tertiary/aromatic N) is 2. The third-order valence-corrected chi connectivity index (χ3v) is 4.07. The fourth-order valence-electron chi connectivity index (χ4n) is 2.79. The Morgan fingerprint density at radius 1 is 1.36 bits per heavy atom. The van der Waals surface area contributed by atoms with Crippen LogP contribution in [-0.4, -0.2) is 41.1 Å². The number of rotatable bonds is 1. The monoisotopic (exact) mass is 302 g/mol. The van der Waals surface area contributed by atoms with E-state index in [1.807, 2.05) is 18.7 Å². The fourth-order valence-corrected chi connectivity index (χ4v) is 2.79. The first-order valence-electron chi connectivity index (χ1n) is 7.45. The lowest BCUT2D eigenvalue weighted by Crippen LogP contribution is -2.50. The molecule has 1 aromatic carbocycles. The average Bonchev–Trinajstić information content (AvgIpc) is 2.48. The molecule has 1 aliphatic heterocycles. The normalized spacial score (nSPS) is 22.1. The number of aryl methyl sites for hydroxylation is 1. The third kappa shape index (κ3) is 2.68. The minimum Gasteiger partial charge on any atom is -0.375 e. The Labute approximate surface area is 128 Å². The van der Waals surface area contributed by atoms with E-state index in [-0.39, 0.29) is 23.9 Å². The van der Waals surface area contributed by atoms with Crippen LogP contribution < -0.4 is 0 Å². The molecule has 0 spiro atoms. The van der Waals surface area contributed by atoms with Crippen molar-refractivity contribution in [1.82, 2.24) is 9.88 Å². The quantitative estimate of drug-likeness (QED) is 0.813. The van der Waals surface area contributed by atoms with Crippen molar-refractivity contribution in [2.45, 2.75) is 32.9 Å². The molecule has 0 saturated carbocycles. The van der Waals surface area contributed by atoms with Gasteiger partial charge in [0.2, 0.25) is 0 Å². The molecule has 3 rings (SSSR count). The molecular formula is C17H19FN2O2. The van der Waals surface area contributed by atoms with Gasteiger partial charge in [-0.05, 0) is 39.0 Å². The molecule has 116 valence electrons. The summed E-state index contributed by atoms with van der Waals surface area (Å²) in [6, 6.07) is 6.25. The van der Waals surface area contributed by atoms with Crippen LogP contribution >= 0.6 is 0 Å². The van der Waals surface area contributed by atoms with Crippen molar-refractivity contribution in [2.24, 2.45) is 0 Å². The highest BCUT2D eigenvalue weighted by Crippen LogP contribution is 2.21. The Morgan fingerprint density at radius 3 is 2.91 bits per heavy atom.